The Hall–Kier alpha value is -4.86. The average Bonchev–Trinajstić information content (AvgIpc) is 3.51. The second kappa shape index (κ2) is 16.3. The summed E-state index contributed by atoms with van der Waals surface area (Å²) in [5, 5.41) is 19.3. The molecule has 2 aromatic rings. The number of anilines is 1. The molecule has 0 bridgehead atoms. The lowest BCUT2D eigenvalue weighted by atomic mass is 9.93. The monoisotopic (exact) mass is 668 g/mol. The molecule has 48 heavy (non-hydrogen) atoms. The molecule has 1 saturated heterocycles. The molecule has 2 aromatic carbocycles. The van der Waals surface area contributed by atoms with Gasteiger partial charge in [-0.2, -0.15) is 0 Å². The number of rotatable bonds is 15. The van der Waals surface area contributed by atoms with E-state index in [1.54, 1.807) is 63.2 Å². The Labute approximate surface area is 279 Å². The van der Waals surface area contributed by atoms with Gasteiger partial charge in [0.1, 0.15) is 11.8 Å². The highest BCUT2D eigenvalue weighted by Crippen LogP contribution is 2.38. The van der Waals surface area contributed by atoms with Gasteiger partial charge >= 0.3 is 5.91 Å². The lowest BCUT2D eigenvalue weighted by Gasteiger charge is -2.47. The van der Waals surface area contributed by atoms with Crippen molar-refractivity contribution in [2.75, 3.05) is 25.0 Å². The van der Waals surface area contributed by atoms with Crippen LogP contribution in [-0.2, 0) is 35.2 Å². The van der Waals surface area contributed by atoms with Gasteiger partial charge < -0.3 is 43.0 Å². The van der Waals surface area contributed by atoms with Crippen molar-refractivity contribution >= 4 is 41.1 Å². The summed E-state index contributed by atoms with van der Waals surface area (Å²) in [6.07, 6.45) is -1.47. The summed E-state index contributed by atoms with van der Waals surface area (Å²) in [4.78, 5) is 76.6. The van der Waals surface area contributed by atoms with Crippen LogP contribution in [0.3, 0.4) is 0 Å². The molecule has 15 nitrogen and oxygen atoms in total. The molecule has 15 heteroatoms. The first kappa shape index (κ1) is 37.6. The van der Waals surface area contributed by atoms with Gasteiger partial charge in [0, 0.05) is 18.5 Å². The Morgan fingerprint density at radius 2 is 1.60 bits per heavy atom. The fourth-order valence-corrected chi connectivity index (χ4v) is 6.11. The number of likely N-dealkylation sites (tertiary alicyclic amines) is 1. The number of quaternary nitrogens is 1. The lowest BCUT2D eigenvalue weighted by Crippen LogP contribution is -2.72. The maximum Gasteiger partial charge on any atom is 0.345 e. The SMILES string of the molecule is CC(C)(C)[N+]1(C(=O)[C@@H](O)[C@H](Cc2ccccc2)NC(=O)[C@H](CC(N)=O)NC(=O)COc2ccc(NC(=O)CN)cc2)CCC[C@H]1C(N)=O. The summed E-state index contributed by atoms with van der Waals surface area (Å²) in [6, 6.07) is 11.4. The van der Waals surface area contributed by atoms with E-state index in [4.69, 9.17) is 21.9 Å². The molecule has 1 heterocycles. The summed E-state index contributed by atoms with van der Waals surface area (Å²) in [5.74, 6) is -3.96. The van der Waals surface area contributed by atoms with E-state index in [9.17, 15) is 33.9 Å². The Kier molecular flexibility index (Phi) is 12.8. The zero-order valence-corrected chi connectivity index (χ0v) is 27.4. The Balaban J connectivity index is 1.81. The molecule has 0 radical (unpaired) electrons. The predicted octanol–water partition coefficient (Wildman–Crippen LogP) is -0.799. The first-order valence-electron chi connectivity index (χ1n) is 15.6. The number of primary amides is 2. The molecule has 0 aliphatic carbocycles. The number of aliphatic hydroxyl groups excluding tert-OH is 1. The number of carbonyl (C=O) groups is 6. The predicted molar refractivity (Wildman–Crippen MR) is 176 cm³/mol. The lowest BCUT2D eigenvalue weighted by molar-refractivity contribution is -0.904. The maximum atomic E-state index is 14.3. The number of hydrogen-bond donors (Lipinski definition) is 7. The van der Waals surface area contributed by atoms with Crippen LogP contribution in [0.1, 0.15) is 45.6 Å². The van der Waals surface area contributed by atoms with Crippen LogP contribution in [0.2, 0.25) is 0 Å². The highest BCUT2D eigenvalue weighted by molar-refractivity contribution is 5.93. The number of amides is 6. The maximum absolute atomic E-state index is 14.3. The molecule has 1 unspecified atom stereocenters. The summed E-state index contributed by atoms with van der Waals surface area (Å²) in [6.45, 7) is 4.91. The van der Waals surface area contributed by atoms with Crippen molar-refractivity contribution in [3.8, 4) is 5.75 Å². The minimum Gasteiger partial charge on any atom is -0.484 e. The van der Waals surface area contributed by atoms with Crippen molar-refractivity contribution in [2.45, 2.75) is 76.2 Å². The van der Waals surface area contributed by atoms with Gasteiger partial charge in [-0.05, 0) is 57.0 Å². The van der Waals surface area contributed by atoms with E-state index in [0.29, 0.717) is 24.1 Å². The van der Waals surface area contributed by atoms with Crippen LogP contribution in [-0.4, -0.2) is 94.5 Å². The molecule has 6 amide bonds. The molecule has 0 spiro atoms. The van der Waals surface area contributed by atoms with Gasteiger partial charge in [-0.15, -0.1) is 0 Å². The quantitative estimate of drug-likeness (QED) is 0.117. The van der Waals surface area contributed by atoms with E-state index < -0.39 is 76.8 Å². The van der Waals surface area contributed by atoms with Crippen LogP contribution in [0.25, 0.3) is 0 Å². The molecular formula is C33H46N7O8+. The van der Waals surface area contributed by atoms with Crippen LogP contribution in [0, 0.1) is 0 Å². The van der Waals surface area contributed by atoms with Crippen molar-refractivity contribution in [3.05, 3.63) is 60.2 Å². The third kappa shape index (κ3) is 9.36. The van der Waals surface area contributed by atoms with E-state index >= 15 is 0 Å². The van der Waals surface area contributed by atoms with Crippen LogP contribution in [0.15, 0.2) is 54.6 Å². The van der Waals surface area contributed by atoms with Crippen molar-refractivity contribution in [3.63, 3.8) is 0 Å². The molecule has 0 aromatic heterocycles. The van der Waals surface area contributed by atoms with E-state index in [0.717, 1.165) is 0 Å². The van der Waals surface area contributed by atoms with Gasteiger partial charge in [0.05, 0.1) is 31.1 Å². The highest BCUT2D eigenvalue weighted by atomic mass is 16.5. The van der Waals surface area contributed by atoms with Crippen LogP contribution < -0.4 is 37.9 Å². The summed E-state index contributed by atoms with van der Waals surface area (Å²) < 4.78 is 5.08. The molecular weight excluding hydrogens is 622 g/mol. The Bertz CT molecular complexity index is 1480. The fraction of sp³-hybridized carbons (Fsp3) is 0.455. The molecule has 3 rings (SSSR count). The fourth-order valence-electron chi connectivity index (χ4n) is 6.11. The van der Waals surface area contributed by atoms with Crippen molar-refractivity contribution in [1.29, 1.82) is 0 Å². The number of benzene rings is 2. The summed E-state index contributed by atoms with van der Waals surface area (Å²) in [5.41, 5.74) is 16.8. The van der Waals surface area contributed by atoms with Gasteiger partial charge in [0.15, 0.2) is 18.8 Å². The number of aliphatic hydroxyl groups is 1. The largest absolute Gasteiger partial charge is 0.484 e. The summed E-state index contributed by atoms with van der Waals surface area (Å²) >= 11 is 0. The van der Waals surface area contributed by atoms with Gasteiger partial charge in [0.25, 0.3) is 11.8 Å². The van der Waals surface area contributed by atoms with Crippen LogP contribution in [0.4, 0.5) is 5.69 Å². The number of hydrogen-bond acceptors (Lipinski definition) is 9. The van der Waals surface area contributed by atoms with Gasteiger partial charge in [-0.1, -0.05) is 30.3 Å². The smallest absolute Gasteiger partial charge is 0.345 e. The second-order valence-electron chi connectivity index (χ2n) is 12.8. The van der Waals surface area contributed by atoms with Crippen molar-refractivity contribution in [1.82, 2.24) is 10.6 Å². The van der Waals surface area contributed by atoms with Crippen LogP contribution in [0.5, 0.6) is 5.75 Å². The first-order chi connectivity index (χ1) is 22.6. The topological polar surface area (TPSA) is 246 Å². The number of nitrogens with zero attached hydrogens (tertiary/aromatic N) is 1. The van der Waals surface area contributed by atoms with E-state index in [1.165, 1.54) is 12.1 Å². The zero-order chi connectivity index (χ0) is 35.6. The average molecular weight is 669 g/mol. The Morgan fingerprint density at radius 1 is 0.958 bits per heavy atom. The van der Waals surface area contributed by atoms with E-state index in [1.807, 2.05) is 0 Å². The zero-order valence-electron chi connectivity index (χ0n) is 27.4. The van der Waals surface area contributed by atoms with E-state index in [-0.39, 0.29) is 31.2 Å². The van der Waals surface area contributed by atoms with Crippen molar-refractivity contribution in [2.24, 2.45) is 17.2 Å². The minimum absolute atomic E-state index is 0.00689. The van der Waals surface area contributed by atoms with Gasteiger partial charge in [-0.25, -0.2) is 9.28 Å². The molecule has 5 atom stereocenters. The molecule has 0 saturated carbocycles. The van der Waals surface area contributed by atoms with Gasteiger partial charge in [-0.3, -0.25) is 24.0 Å². The van der Waals surface area contributed by atoms with Crippen LogP contribution >= 0.6 is 0 Å². The minimum atomic E-state index is -1.79. The molecule has 1 aliphatic heterocycles. The number of nitrogens with two attached hydrogens (primary N) is 3. The third-order valence-corrected chi connectivity index (χ3v) is 8.45. The second-order valence-corrected chi connectivity index (χ2v) is 12.8. The van der Waals surface area contributed by atoms with E-state index in [2.05, 4.69) is 16.0 Å². The van der Waals surface area contributed by atoms with Crippen molar-refractivity contribution < 1.29 is 43.1 Å². The third-order valence-electron chi connectivity index (χ3n) is 8.45. The number of nitrogens with one attached hydrogen (secondary N) is 3. The standard InChI is InChI=1S/C33H45N7O8/c1-33(2,3)40(15-7-10-25(40)30(36)45)32(47)29(44)23(16-20-8-5-4-6-9-20)39-31(46)24(17-26(35)41)38-28(43)19-48-22-13-11-21(12-14-22)37-27(42)18-34/h4-6,8-9,11-14,23-25,29,44H,7,10,15-19,34H2,1-3H3,(H6-,35,36,37,38,39,41,42,43,45,46)/p+1/t23-,24-,25-,29-,40?/m0/s1. The summed E-state index contributed by atoms with van der Waals surface area (Å²) in [7, 11) is 0. The molecule has 1 fully saturated rings. The normalized spacial score (nSPS) is 19.3. The number of carbonyl (C=O) groups excluding carboxylic acids is 6. The number of ether oxygens (including phenoxy) is 1. The Morgan fingerprint density at radius 3 is 2.17 bits per heavy atom. The molecule has 260 valence electrons. The molecule has 1 aliphatic rings. The van der Waals surface area contributed by atoms with Gasteiger partial charge in [0.2, 0.25) is 17.7 Å². The highest BCUT2D eigenvalue weighted by Gasteiger charge is 2.60. The first-order valence-corrected chi connectivity index (χ1v) is 15.6. The molecule has 10 N–H and O–H groups in total.